The number of carbonyl (C=O) groups is 1. The first kappa shape index (κ1) is 20.6. The van der Waals surface area contributed by atoms with Crippen LogP contribution in [0.15, 0.2) is 53.7 Å². The van der Waals surface area contributed by atoms with Crippen molar-refractivity contribution in [3.05, 3.63) is 65.5 Å². The first-order valence-corrected chi connectivity index (χ1v) is 11.2. The molecule has 1 amide bonds. The number of nitrogens with zero attached hydrogens (tertiary/aromatic N) is 4. The summed E-state index contributed by atoms with van der Waals surface area (Å²) in [4.78, 5) is 14.8. The van der Waals surface area contributed by atoms with E-state index in [0.29, 0.717) is 12.1 Å². The third-order valence-electron chi connectivity index (χ3n) is 5.35. The highest BCUT2D eigenvalue weighted by atomic mass is 32.2. The Hall–Kier alpha value is -2.67. The molecule has 5 nitrogen and oxygen atoms in total. The van der Waals surface area contributed by atoms with E-state index in [-0.39, 0.29) is 23.5 Å². The fraction of sp³-hybridized carbons (Fsp3) is 0.348. The molecule has 0 atom stereocenters. The molecule has 0 spiro atoms. The number of aryl methyl sites for hydroxylation is 1. The SMILES string of the molecule is CCn1c(SCC(=O)N(Cc2ccccc2F)C2CC2)nnc1-c1ccccc1C. The molecular formula is C23H25FN4OS. The van der Waals surface area contributed by atoms with Crippen LogP contribution in [0.4, 0.5) is 4.39 Å². The van der Waals surface area contributed by atoms with Gasteiger partial charge in [0.25, 0.3) is 0 Å². The predicted octanol–water partition coefficient (Wildman–Crippen LogP) is 4.70. The summed E-state index contributed by atoms with van der Waals surface area (Å²) in [5, 5.41) is 9.45. The summed E-state index contributed by atoms with van der Waals surface area (Å²) in [7, 11) is 0. The maximum absolute atomic E-state index is 14.1. The van der Waals surface area contributed by atoms with Gasteiger partial charge in [0, 0.05) is 30.3 Å². The lowest BCUT2D eigenvalue weighted by Gasteiger charge is -2.22. The molecule has 0 N–H and O–H groups in total. The van der Waals surface area contributed by atoms with Crippen LogP contribution in [0.25, 0.3) is 11.4 Å². The molecule has 3 aromatic rings. The largest absolute Gasteiger partial charge is 0.335 e. The molecule has 1 aliphatic carbocycles. The van der Waals surface area contributed by atoms with Gasteiger partial charge in [-0.15, -0.1) is 10.2 Å². The van der Waals surface area contributed by atoms with Gasteiger partial charge < -0.3 is 9.47 Å². The van der Waals surface area contributed by atoms with Gasteiger partial charge in [-0.05, 0) is 38.3 Å². The van der Waals surface area contributed by atoms with Crippen LogP contribution in [0, 0.1) is 12.7 Å². The van der Waals surface area contributed by atoms with Crippen LogP contribution in [-0.4, -0.2) is 37.4 Å². The van der Waals surface area contributed by atoms with E-state index in [1.807, 2.05) is 29.7 Å². The molecule has 1 aliphatic rings. The second-order valence-corrected chi connectivity index (χ2v) is 8.44. The molecular weight excluding hydrogens is 399 g/mol. The van der Waals surface area contributed by atoms with E-state index < -0.39 is 0 Å². The van der Waals surface area contributed by atoms with Crippen molar-refractivity contribution in [3.8, 4) is 11.4 Å². The van der Waals surface area contributed by atoms with Gasteiger partial charge in [0.15, 0.2) is 11.0 Å². The van der Waals surface area contributed by atoms with Crippen LogP contribution in [0.5, 0.6) is 0 Å². The molecule has 30 heavy (non-hydrogen) atoms. The third kappa shape index (κ3) is 4.41. The number of hydrogen-bond acceptors (Lipinski definition) is 4. The van der Waals surface area contributed by atoms with E-state index in [1.54, 1.807) is 23.1 Å². The molecule has 1 saturated carbocycles. The number of carbonyl (C=O) groups excluding carboxylic acids is 1. The highest BCUT2D eigenvalue weighted by molar-refractivity contribution is 7.99. The van der Waals surface area contributed by atoms with Gasteiger partial charge in [-0.2, -0.15) is 0 Å². The van der Waals surface area contributed by atoms with E-state index in [4.69, 9.17) is 0 Å². The van der Waals surface area contributed by atoms with Crippen LogP contribution < -0.4 is 0 Å². The predicted molar refractivity (Wildman–Crippen MR) is 117 cm³/mol. The Balaban J connectivity index is 1.48. The highest BCUT2D eigenvalue weighted by Gasteiger charge is 2.33. The van der Waals surface area contributed by atoms with Crippen molar-refractivity contribution in [2.45, 2.75) is 51.0 Å². The lowest BCUT2D eigenvalue weighted by Crippen LogP contribution is -2.34. The smallest absolute Gasteiger partial charge is 0.233 e. The minimum Gasteiger partial charge on any atom is -0.335 e. The number of halogens is 1. The lowest BCUT2D eigenvalue weighted by atomic mass is 10.1. The van der Waals surface area contributed by atoms with Crippen molar-refractivity contribution in [2.24, 2.45) is 0 Å². The minimum atomic E-state index is -0.266. The van der Waals surface area contributed by atoms with Gasteiger partial charge in [-0.3, -0.25) is 4.79 Å². The average molecular weight is 425 g/mol. The second-order valence-electron chi connectivity index (χ2n) is 7.50. The summed E-state index contributed by atoms with van der Waals surface area (Å²) in [5.41, 5.74) is 2.74. The first-order chi connectivity index (χ1) is 14.6. The maximum Gasteiger partial charge on any atom is 0.233 e. The van der Waals surface area contributed by atoms with Crippen molar-refractivity contribution in [1.29, 1.82) is 0 Å². The molecule has 4 rings (SSSR count). The summed E-state index contributed by atoms with van der Waals surface area (Å²) < 4.78 is 16.1. The number of thioether (sulfide) groups is 1. The fourth-order valence-electron chi connectivity index (χ4n) is 3.53. The van der Waals surface area contributed by atoms with Crippen LogP contribution >= 0.6 is 11.8 Å². The Morgan fingerprint density at radius 2 is 1.90 bits per heavy atom. The van der Waals surface area contributed by atoms with Gasteiger partial charge >= 0.3 is 0 Å². The van der Waals surface area contributed by atoms with Crippen molar-refractivity contribution in [1.82, 2.24) is 19.7 Å². The number of amides is 1. The summed E-state index contributed by atoms with van der Waals surface area (Å²) in [6, 6.07) is 14.9. The Morgan fingerprint density at radius 1 is 1.17 bits per heavy atom. The molecule has 0 radical (unpaired) electrons. The number of aromatic nitrogens is 3. The summed E-state index contributed by atoms with van der Waals surface area (Å²) >= 11 is 1.39. The molecule has 0 bridgehead atoms. The highest BCUT2D eigenvalue weighted by Crippen LogP contribution is 2.31. The van der Waals surface area contributed by atoms with Gasteiger partial charge in [0.1, 0.15) is 5.82 Å². The van der Waals surface area contributed by atoms with E-state index in [9.17, 15) is 9.18 Å². The van der Waals surface area contributed by atoms with Crippen molar-refractivity contribution >= 4 is 17.7 Å². The zero-order valence-electron chi connectivity index (χ0n) is 17.2. The molecule has 0 unspecified atom stereocenters. The van der Waals surface area contributed by atoms with E-state index in [1.165, 1.54) is 17.8 Å². The Bertz CT molecular complexity index is 1050. The van der Waals surface area contributed by atoms with Crippen LogP contribution in [0.1, 0.15) is 30.9 Å². The molecule has 156 valence electrons. The Morgan fingerprint density at radius 3 is 2.60 bits per heavy atom. The monoisotopic (exact) mass is 424 g/mol. The van der Waals surface area contributed by atoms with E-state index in [2.05, 4.69) is 23.2 Å². The zero-order valence-corrected chi connectivity index (χ0v) is 18.0. The normalized spacial score (nSPS) is 13.4. The molecule has 1 heterocycles. The standard InChI is InChI=1S/C23H25FN4OS/c1-3-27-22(19-10-6-4-8-16(19)2)25-26-23(27)30-15-21(29)28(18-12-13-18)14-17-9-5-7-11-20(17)24/h4-11,18H,3,12-15H2,1-2H3. The van der Waals surface area contributed by atoms with Gasteiger partial charge in [-0.1, -0.05) is 54.2 Å². The van der Waals surface area contributed by atoms with E-state index in [0.717, 1.165) is 41.5 Å². The average Bonchev–Trinajstić information content (AvgIpc) is 3.51. The molecule has 1 aromatic heterocycles. The fourth-order valence-corrected chi connectivity index (χ4v) is 4.42. The Labute approximate surface area is 180 Å². The molecule has 7 heteroatoms. The minimum absolute atomic E-state index is 0.00819. The quantitative estimate of drug-likeness (QED) is 0.492. The van der Waals surface area contributed by atoms with Crippen molar-refractivity contribution < 1.29 is 9.18 Å². The zero-order chi connectivity index (χ0) is 21.1. The van der Waals surface area contributed by atoms with Gasteiger partial charge in [0.05, 0.1) is 5.75 Å². The van der Waals surface area contributed by atoms with Crippen LogP contribution in [0.2, 0.25) is 0 Å². The van der Waals surface area contributed by atoms with Gasteiger partial charge in [0.2, 0.25) is 5.91 Å². The second kappa shape index (κ2) is 9.00. The number of hydrogen-bond donors (Lipinski definition) is 0. The third-order valence-corrected chi connectivity index (χ3v) is 6.30. The van der Waals surface area contributed by atoms with Crippen LogP contribution in [-0.2, 0) is 17.9 Å². The van der Waals surface area contributed by atoms with Crippen LogP contribution in [0.3, 0.4) is 0 Å². The Kier molecular flexibility index (Phi) is 6.18. The van der Waals surface area contributed by atoms with Crippen molar-refractivity contribution in [2.75, 3.05) is 5.75 Å². The topological polar surface area (TPSA) is 51.0 Å². The molecule has 0 aliphatic heterocycles. The van der Waals surface area contributed by atoms with Crippen molar-refractivity contribution in [3.63, 3.8) is 0 Å². The van der Waals surface area contributed by atoms with E-state index >= 15 is 0 Å². The molecule has 0 saturated heterocycles. The first-order valence-electron chi connectivity index (χ1n) is 10.2. The summed E-state index contributed by atoms with van der Waals surface area (Å²) in [6.07, 6.45) is 1.96. The summed E-state index contributed by atoms with van der Waals surface area (Å²) in [6.45, 7) is 5.13. The van der Waals surface area contributed by atoms with Gasteiger partial charge in [-0.25, -0.2) is 4.39 Å². The molecule has 2 aromatic carbocycles. The molecule has 1 fully saturated rings. The lowest BCUT2D eigenvalue weighted by molar-refractivity contribution is -0.129. The number of benzene rings is 2. The number of rotatable bonds is 8. The maximum atomic E-state index is 14.1. The summed E-state index contributed by atoms with van der Waals surface area (Å²) in [5.74, 6) is 0.818.